The minimum absolute atomic E-state index is 0.0999. The fraction of sp³-hybridized carbons (Fsp3) is 0.379. The van der Waals surface area contributed by atoms with E-state index in [4.69, 9.17) is 4.74 Å². The number of aromatic amines is 1. The number of urea groups is 1. The summed E-state index contributed by atoms with van der Waals surface area (Å²) in [5, 5.41) is 6.82. The van der Waals surface area contributed by atoms with E-state index in [1.54, 1.807) is 20.8 Å². The van der Waals surface area contributed by atoms with Crippen LogP contribution in [0, 0.1) is 0 Å². The van der Waals surface area contributed by atoms with Crippen molar-refractivity contribution in [3.8, 4) is 0 Å². The first-order chi connectivity index (χ1) is 18.6. The van der Waals surface area contributed by atoms with Gasteiger partial charge in [-0.25, -0.2) is 9.59 Å². The van der Waals surface area contributed by atoms with E-state index in [9.17, 15) is 19.2 Å². The summed E-state index contributed by atoms with van der Waals surface area (Å²) in [6.07, 6.45) is 1.50. The molecule has 0 saturated carbocycles. The molecule has 2 fully saturated rings. The maximum absolute atomic E-state index is 13.9. The van der Waals surface area contributed by atoms with Crippen molar-refractivity contribution in [2.45, 2.75) is 63.9 Å². The molecule has 0 radical (unpaired) electrons. The number of ether oxygens (including phenoxy) is 1. The highest BCUT2D eigenvalue weighted by molar-refractivity contribution is 6.03. The molecule has 10 nitrogen and oxygen atoms in total. The molecular formula is C29H33N5O5. The van der Waals surface area contributed by atoms with Crippen LogP contribution in [-0.2, 0) is 27.3 Å². The average Bonchev–Trinajstić information content (AvgIpc) is 3.29. The van der Waals surface area contributed by atoms with E-state index in [2.05, 4.69) is 15.6 Å². The summed E-state index contributed by atoms with van der Waals surface area (Å²) in [4.78, 5) is 58.6. The van der Waals surface area contributed by atoms with Crippen LogP contribution in [-0.4, -0.2) is 69.0 Å². The summed E-state index contributed by atoms with van der Waals surface area (Å²) in [5.74, 6) is -0.787. The van der Waals surface area contributed by atoms with E-state index < -0.39 is 41.8 Å². The largest absolute Gasteiger partial charge is 0.444 e. The van der Waals surface area contributed by atoms with Gasteiger partial charge in [-0.1, -0.05) is 48.5 Å². The molecule has 0 unspecified atom stereocenters. The number of carbonyl (C=O) groups excluding carboxylic acids is 4. The van der Waals surface area contributed by atoms with E-state index in [-0.39, 0.29) is 25.4 Å². The molecule has 2 aliphatic rings. The van der Waals surface area contributed by atoms with Gasteiger partial charge in [-0.15, -0.1) is 0 Å². The number of alkyl carbamates (subject to hydrolysis) is 1. The lowest BCUT2D eigenvalue weighted by Crippen LogP contribution is -2.72. The van der Waals surface area contributed by atoms with E-state index in [0.29, 0.717) is 6.42 Å². The first-order valence-electron chi connectivity index (χ1n) is 13.1. The zero-order valence-corrected chi connectivity index (χ0v) is 22.3. The molecule has 204 valence electrons. The SMILES string of the molecule is CC(C)(C)OC(=O)N[C@@H](Cc1c[nH]c2ccccc12)[C@H]1CNC(=O)[C@@H]2CC(=O)N(Cc3ccccc3)C(=O)N12. The van der Waals surface area contributed by atoms with Crippen LogP contribution in [0.2, 0.25) is 0 Å². The number of benzene rings is 2. The van der Waals surface area contributed by atoms with Crippen LogP contribution >= 0.6 is 0 Å². The number of nitrogens with zero attached hydrogens (tertiary/aromatic N) is 2. The molecule has 0 spiro atoms. The highest BCUT2D eigenvalue weighted by atomic mass is 16.6. The van der Waals surface area contributed by atoms with Crippen LogP contribution in [0.1, 0.15) is 38.3 Å². The van der Waals surface area contributed by atoms with Crippen LogP contribution in [0.5, 0.6) is 0 Å². The summed E-state index contributed by atoms with van der Waals surface area (Å²) >= 11 is 0. The molecule has 0 bridgehead atoms. The summed E-state index contributed by atoms with van der Waals surface area (Å²) in [5.41, 5.74) is 1.98. The van der Waals surface area contributed by atoms with Crippen molar-refractivity contribution in [3.05, 3.63) is 71.9 Å². The van der Waals surface area contributed by atoms with Gasteiger partial charge in [0.05, 0.1) is 25.0 Å². The molecule has 1 aromatic heterocycles. The molecule has 2 aromatic carbocycles. The Balaban J connectivity index is 1.48. The number of piperazine rings is 1. The number of fused-ring (bicyclic) bond motifs is 2. The second-order valence-corrected chi connectivity index (χ2v) is 11.0. The van der Waals surface area contributed by atoms with Crippen molar-refractivity contribution in [2.75, 3.05) is 6.54 Å². The number of aromatic nitrogens is 1. The van der Waals surface area contributed by atoms with Gasteiger partial charge in [0.15, 0.2) is 0 Å². The quantitative estimate of drug-likeness (QED) is 0.450. The van der Waals surface area contributed by atoms with Gasteiger partial charge < -0.3 is 25.3 Å². The Hall–Kier alpha value is -4.34. The van der Waals surface area contributed by atoms with E-state index >= 15 is 0 Å². The molecule has 2 aliphatic heterocycles. The van der Waals surface area contributed by atoms with Crippen LogP contribution in [0.25, 0.3) is 10.9 Å². The molecule has 2 saturated heterocycles. The number of para-hydroxylation sites is 1. The Morgan fingerprint density at radius 2 is 1.79 bits per heavy atom. The Kier molecular flexibility index (Phi) is 7.03. The van der Waals surface area contributed by atoms with Gasteiger partial charge in [-0.05, 0) is 44.4 Å². The average molecular weight is 532 g/mol. The van der Waals surface area contributed by atoms with Crippen molar-refractivity contribution in [1.29, 1.82) is 0 Å². The predicted molar refractivity (Wildman–Crippen MR) is 145 cm³/mol. The normalized spacial score (nSPS) is 20.4. The fourth-order valence-corrected chi connectivity index (χ4v) is 5.30. The molecule has 39 heavy (non-hydrogen) atoms. The summed E-state index contributed by atoms with van der Waals surface area (Å²) < 4.78 is 5.55. The third-order valence-electron chi connectivity index (χ3n) is 7.07. The van der Waals surface area contributed by atoms with E-state index in [0.717, 1.165) is 22.0 Å². The number of amides is 5. The maximum Gasteiger partial charge on any atom is 0.407 e. The molecule has 3 aromatic rings. The summed E-state index contributed by atoms with van der Waals surface area (Å²) in [6.45, 7) is 5.55. The van der Waals surface area contributed by atoms with Crippen LogP contribution in [0.3, 0.4) is 0 Å². The first-order valence-corrected chi connectivity index (χ1v) is 13.1. The second-order valence-electron chi connectivity index (χ2n) is 11.0. The van der Waals surface area contributed by atoms with Gasteiger partial charge in [0.2, 0.25) is 11.8 Å². The summed E-state index contributed by atoms with van der Waals surface area (Å²) in [7, 11) is 0. The molecular weight excluding hydrogens is 498 g/mol. The highest BCUT2D eigenvalue weighted by Crippen LogP contribution is 2.28. The van der Waals surface area contributed by atoms with Gasteiger partial charge in [0.25, 0.3) is 0 Å². The summed E-state index contributed by atoms with van der Waals surface area (Å²) in [6, 6.07) is 14.3. The number of nitrogens with one attached hydrogen (secondary N) is 3. The Morgan fingerprint density at radius 1 is 1.08 bits per heavy atom. The molecule has 3 atom stereocenters. The molecule has 3 heterocycles. The van der Waals surface area contributed by atoms with Crippen molar-refractivity contribution in [1.82, 2.24) is 25.4 Å². The van der Waals surface area contributed by atoms with Gasteiger partial charge >= 0.3 is 12.1 Å². The van der Waals surface area contributed by atoms with E-state index in [1.807, 2.05) is 60.8 Å². The predicted octanol–water partition coefficient (Wildman–Crippen LogP) is 3.33. The Morgan fingerprint density at radius 3 is 2.54 bits per heavy atom. The third kappa shape index (κ3) is 5.59. The molecule has 5 amide bonds. The topological polar surface area (TPSA) is 124 Å². The number of rotatable bonds is 6. The highest BCUT2D eigenvalue weighted by Gasteiger charge is 2.50. The van der Waals surface area contributed by atoms with Gasteiger partial charge in [-0.3, -0.25) is 14.5 Å². The number of carbonyl (C=O) groups is 4. The molecule has 5 rings (SSSR count). The lowest BCUT2D eigenvalue weighted by molar-refractivity contribution is -0.143. The van der Waals surface area contributed by atoms with Gasteiger partial charge in [-0.2, -0.15) is 0 Å². The lowest BCUT2D eigenvalue weighted by Gasteiger charge is -2.48. The van der Waals surface area contributed by atoms with Gasteiger partial charge in [0.1, 0.15) is 11.6 Å². The zero-order chi connectivity index (χ0) is 27.7. The fourth-order valence-electron chi connectivity index (χ4n) is 5.30. The Labute approximate surface area is 226 Å². The number of H-pyrrole nitrogens is 1. The number of hydrogen-bond donors (Lipinski definition) is 3. The van der Waals surface area contributed by atoms with Crippen molar-refractivity contribution < 1.29 is 23.9 Å². The van der Waals surface area contributed by atoms with Gasteiger partial charge in [0, 0.05) is 23.6 Å². The molecule has 3 N–H and O–H groups in total. The van der Waals surface area contributed by atoms with E-state index in [1.165, 1.54) is 9.80 Å². The smallest absolute Gasteiger partial charge is 0.407 e. The third-order valence-corrected chi connectivity index (χ3v) is 7.07. The Bertz CT molecular complexity index is 1400. The standard InChI is InChI=1S/C29H33N5O5/c1-29(2,3)39-27(37)32-22(13-19-15-30-21-12-8-7-11-20(19)21)24-16-31-26(36)23-14-25(35)33(28(38)34(23)24)17-18-9-5-4-6-10-18/h4-12,15,22-24,30H,13-14,16-17H2,1-3H3,(H,31,36)(H,32,37)/t22-,23-,24+/m0/s1. The lowest BCUT2D eigenvalue weighted by atomic mass is 9.92. The minimum atomic E-state index is -0.957. The monoisotopic (exact) mass is 531 g/mol. The second kappa shape index (κ2) is 10.4. The first kappa shape index (κ1) is 26.3. The van der Waals surface area contributed by atoms with Crippen LogP contribution < -0.4 is 10.6 Å². The number of imide groups is 1. The van der Waals surface area contributed by atoms with Crippen LogP contribution in [0.4, 0.5) is 9.59 Å². The number of hydrogen-bond acceptors (Lipinski definition) is 5. The molecule has 0 aliphatic carbocycles. The van der Waals surface area contributed by atoms with Crippen LogP contribution in [0.15, 0.2) is 60.8 Å². The maximum atomic E-state index is 13.9. The molecule has 10 heteroatoms. The van der Waals surface area contributed by atoms with Crippen molar-refractivity contribution in [2.24, 2.45) is 0 Å². The van der Waals surface area contributed by atoms with Crippen molar-refractivity contribution >= 4 is 34.8 Å². The minimum Gasteiger partial charge on any atom is -0.444 e. The van der Waals surface area contributed by atoms with Crippen molar-refractivity contribution in [3.63, 3.8) is 0 Å². The zero-order valence-electron chi connectivity index (χ0n) is 22.3.